The lowest BCUT2D eigenvalue weighted by Crippen LogP contribution is -2.08. The molecular formula is C17H20ClFN4. The van der Waals surface area contributed by atoms with E-state index in [2.05, 4.69) is 34.1 Å². The largest absolute Gasteiger partial charge is 0.385 e. The standard InChI is InChI=1S/C17H20ClFN4/c1-5-8-20-15-7-6-13(19)9-14(15)12(4)21-16-10(2)11(3)22-17(18)23-16/h6-7,9,20H,4-5,8H2,1-3H3,(H,21,22,23). The van der Waals surface area contributed by atoms with Crippen LogP contribution in [-0.2, 0) is 0 Å². The second-order valence-corrected chi connectivity index (χ2v) is 5.61. The number of aryl methyl sites for hydroxylation is 1. The van der Waals surface area contributed by atoms with Crippen LogP contribution in [0.5, 0.6) is 0 Å². The molecule has 0 atom stereocenters. The van der Waals surface area contributed by atoms with Gasteiger partial charge in [-0.15, -0.1) is 0 Å². The first kappa shape index (κ1) is 17.2. The van der Waals surface area contributed by atoms with E-state index in [1.807, 2.05) is 13.8 Å². The number of nitrogens with one attached hydrogen (secondary N) is 2. The molecule has 0 radical (unpaired) electrons. The van der Waals surface area contributed by atoms with Crippen molar-refractivity contribution >= 4 is 28.8 Å². The van der Waals surface area contributed by atoms with Gasteiger partial charge in [0.1, 0.15) is 11.6 Å². The SMILES string of the molecule is C=C(Nc1nc(Cl)nc(C)c1C)c1cc(F)ccc1NCCC. The number of nitrogens with zero attached hydrogens (tertiary/aromatic N) is 2. The summed E-state index contributed by atoms with van der Waals surface area (Å²) in [6.07, 6.45) is 0.969. The lowest BCUT2D eigenvalue weighted by atomic mass is 10.1. The van der Waals surface area contributed by atoms with Crippen molar-refractivity contribution in [2.75, 3.05) is 17.2 Å². The summed E-state index contributed by atoms with van der Waals surface area (Å²) in [7, 11) is 0. The van der Waals surface area contributed by atoms with Crippen molar-refractivity contribution in [1.82, 2.24) is 9.97 Å². The minimum Gasteiger partial charge on any atom is -0.385 e. The Morgan fingerprint density at radius 2 is 2.04 bits per heavy atom. The average molecular weight is 335 g/mol. The fourth-order valence-electron chi connectivity index (χ4n) is 2.11. The van der Waals surface area contributed by atoms with Crippen molar-refractivity contribution in [1.29, 1.82) is 0 Å². The van der Waals surface area contributed by atoms with Gasteiger partial charge in [-0.2, -0.15) is 0 Å². The molecule has 2 rings (SSSR count). The van der Waals surface area contributed by atoms with Gasteiger partial charge in [-0.05, 0) is 50.1 Å². The van der Waals surface area contributed by atoms with Crippen molar-refractivity contribution in [3.8, 4) is 0 Å². The van der Waals surface area contributed by atoms with Crippen LogP contribution in [0, 0.1) is 19.7 Å². The van der Waals surface area contributed by atoms with Crippen molar-refractivity contribution < 1.29 is 4.39 Å². The first-order valence-corrected chi connectivity index (χ1v) is 7.80. The van der Waals surface area contributed by atoms with E-state index in [4.69, 9.17) is 11.6 Å². The number of rotatable bonds is 6. The third kappa shape index (κ3) is 4.20. The van der Waals surface area contributed by atoms with Gasteiger partial charge in [0.15, 0.2) is 0 Å². The molecule has 0 aliphatic carbocycles. The second kappa shape index (κ2) is 7.42. The summed E-state index contributed by atoms with van der Waals surface area (Å²) < 4.78 is 13.6. The van der Waals surface area contributed by atoms with Gasteiger partial charge < -0.3 is 10.6 Å². The van der Waals surface area contributed by atoms with Crippen LogP contribution in [0.4, 0.5) is 15.9 Å². The molecule has 1 aromatic heterocycles. The zero-order chi connectivity index (χ0) is 17.0. The molecule has 4 nitrogen and oxygen atoms in total. The Hall–Kier alpha value is -2.14. The minimum atomic E-state index is -0.321. The molecule has 0 unspecified atom stereocenters. The van der Waals surface area contributed by atoms with Crippen LogP contribution in [0.25, 0.3) is 5.70 Å². The van der Waals surface area contributed by atoms with Crippen molar-refractivity contribution in [3.63, 3.8) is 0 Å². The molecule has 122 valence electrons. The molecule has 0 spiro atoms. The summed E-state index contributed by atoms with van der Waals surface area (Å²) in [5.41, 5.74) is 3.67. The Morgan fingerprint density at radius 3 is 2.74 bits per heavy atom. The van der Waals surface area contributed by atoms with Crippen LogP contribution in [0.1, 0.15) is 30.2 Å². The number of aromatic nitrogens is 2. The van der Waals surface area contributed by atoms with E-state index in [1.54, 1.807) is 6.07 Å². The van der Waals surface area contributed by atoms with Crippen molar-refractivity contribution in [3.05, 3.63) is 52.7 Å². The first-order chi connectivity index (χ1) is 10.9. The minimum absolute atomic E-state index is 0.159. The van der Waals surface area contributed by atoms with E-state index in [1.165, 1.54) is 12.1 Å². The van der Waals surface area contributed by atoms with E-state index in [0.29, 0.717) is 17.1 Å². The van der Waals surface area contributed by atoms with Gasteiger partial charge in [-0.3, -0.25) is 0 Å². The maximum absolute atomic E-state index is 13.6. The number of halogens is 2. The molecule has 2 aromatic rings. The molecule has 1 heterocycles. The van der Waals surface area contributed by atoms with E-state index >= 15 is 0 Å². The third-order valence-electron chi connectivity index (χ3n) is 3.50. The van der Waals surface area contributed by atoms with Gasteiger partial charge in [-0.1, -0.05) is 13.5 Å². The quantitative estimate of drug-likeness (QED) is 0.746. The fourth-order valence-corrected chi connectivity index (χ4v) is 2.32. The summed E-state index contributed by atoms with van der Waals surface area (Å²) in [6, 6.07) is 4.57. The summed E-state index contributed by atoms with van der Waals surface area (Å²) in [5.74, 6) is 0.247. The topological polar surface area (TPSA) is 49.8 Å². The van der Waals surface area contributed by atoms with Gasteiger partial charge in [0.2, 0.25) is 5.28 Å². The Morgan fingerprint density at radius 1 is 1.30 bits per heavy atom. The fraction of sp³-hybridized carbons (Fsp3) is 0.294. The summed E-state index contributed by atoms with van der Waals surface area (Å²) in [5, 5.41) is 6.54. The zero-order valence-corrected chi connectivity index (χ0v) is 14.3. The normalized spacial score (nSPS) is 10.5. The summed E-state index contributed by atoms with van der Waals surface area (Å²) >= 11 is 5.91. The molecule has 0 saturated heterocycles. The van der Waals surface area contributed by atoms with Gasteiger partial charge in [0, 0.05) is 34.8 Å². The van der Waals surface area contributed by atoms with Crippen LogP contribution >= 0.6 is 11.6 Å². The molecule has 0 aliphatic heterocycles. The highest BCUT2D eigenvalue weighted by atomic mass is 35.5. The van der Waals surface area contributed by atoms with Crippen molar-refractivity contribution in [2.24, 2.45) is 0 Å². The molecule has 0 saturated carbocycles. The molecule has 0 amide bonds. The third-order valence-corrected chi connectivity index (χ3v) is 3.67. The molecule has 0 aliphatic rings. The van der Waals surface area contributed by atoms with Gasteiger partial charge in [-0.25, -0.2) is 14.4 Å². The number of benzene rings is 1. The van der Waals surface area contributed by atoms with Crippen LogP contribution in [0.15, 0.2) is 24.8 Å². The number of anilines is 2. The van der Waals surface area contributed by atoms with Crippen LogP contribution in [-0.4, -0.2) is 16.5 Å². The zero-order valence-electron chi connectivity index (χ0n) is 13.5. The molecule has 2 N–H and O–H groups in total. The smallest absolute Gasteiger partial charge is 0.224 e. The van der Waals surface area contributed by atoms with Gasteiger partial charge >= 0.3 is 0 Å². The first-order valence-electron chi connectivity index (χ1n) is 7.42. The van der Waals surface area contributed by atoms with Crippen LogP contribution < -0.4 is 10.6 Å². The number of hydrogen-bond acceptors (Lipinski definition) is 4. The lowest BCUT2D eigenvalue weighted by molar-refractivity contribution is 0.627. The Balaban J connectivity index is 2.32. The van der Waals surface area contributed by atoms with Crippen molar-refractivity contribution in [2.45, 2.75) is 27.2 Å². The summed E-state index contributed by atoms with van der Waals surface area (Å²) in [4.78, 5) is 8.28. The predicted octanol–water partition coefficient (Wildman–Crippen LogP) is 4.79. The summed E-state index contributed by atoms with van der Waals surface area (Å²) in [6.45, 7) is 10.6. The average Bonchev–Trinajstić information content (AvgIpc) is 2.50. The molecule has 0 bridgehead atoms. The highest BCUT2D eigenvalue weighted by molar-refractivity contribution is 6.28. The monoisotopic (exact) mass is 334 g/mol. The Kier molecular flexibility index (Phi) is 5.55. The Labute approximate surface area is 140 Å². The molecule has 0 fully saturated rings. The highest BCUT2D eigenvalue weighted by Crippen LogP contribution is 2.27. The molecular weight excluding hydrogens is 315 g/mol. The highest BCUT2D eigenvalue weighted by Gasteiger charge is 2.12. The van der Waals surface area contributed by atoms with Crippen LogP contribution in [0.3, 0.4) is 0 Å². The van der Waals surface area contributed by atoms with E-state index in [-0.39, 0.29) is 11.1 Å². The van der Waals surface area contributed by atoms with Crippen LogP contribution in [0.2, 0.25) is 5.28 Å². The van der Waals surface area contributed by atoms with Gasteiger partial charge in [0.25, 0.3) is 0 Å². The lowest BCUT2D eigenvalue weighted by Gasteiger charge is -2.16. The molecule has 1 aromatic carbocycles. The molecule has 23 heavy (non-hydrogen) atoms. The second-order valence-electron chi connectivity index (χ2n) is 5.27. The maximum Gasteiger partial charge on any atom is 0.224 e. The van der Waals surface area contributed by atoms with E-state index in [0.717, 1.165) is 29.9 Å². The maximum atomic E-state index is 13.6. The number of hydrogen-bond donors (Lipinski definition) is 2. The molecule has 6 heteroatoms. The van der Waals surface area contributed by atoms with E-state index in [9.17, 15) is 4.39 Å². The predicted molar refractivity (Wildman–Crippen MR) is 94.4 cm³/mol. The Bertz CT molecular complexity index is 731. The van der Waals surface area contributed by atoms with Gasteiger partial charge in [0.05, 0.1) is 0 Å². The van der Waals surface area contributed by atoms with E-state index < -0.39 is 0 Å².